The van der Waals surface area contributed by atoms with Crippen LogP contribution < -0.4 is 15.6 Å². The number of hydrogen-bond donors (Lipinski definition) is 3. The van der Waals surface area contributed by atoms with Gasteiger partial charge in [0, 0.05) is 24.7 Å². The number of anilines is 2. The highest BCUT2D eigenvalue weighted by atomic mass is 16.5. The Kier molecular flexibility index (Phi) is 5.74. The second-order valence-corrected chi connectivity index (χ2v) is 6.84. The lowest BCUT2D eigenvalue weighted by Crippen LogP contribution is -2.49. The van der Waals surface area contributed by atoms with Gasteiger partial charge >= 0.3 is 0 Å². The third-order valence-corrected chi connectivity index (χ3v) is 4.97. The fraction of sp³-hybridized carbons (Fsp3) is 0.579. The van der Waals surface area contributed by atoms with Crippen molar-refractivity contribution in [1.29, 1.82) is 5.41 Å². The van der Waals surface area contributed by atoms with Crippen LogP contribution in [0.25, 0.3) is 0 Å². The van der Waals surface area contributed by atoms with Crippen LogP contribution in [0.5, 0.6) is 0 Å². The summed E-state index contributed by atoms with van der Waals surface area (Å²) in [5.41, 5.74) is 5.62. The number of carbonyl (C=O) groups excluding carboxylic acids is 1. The largest absolute Gasteiger partial charge is 0.377 e. The molecule has 3 N–H and O–H groups in total. The molecule has 1 unspecified atom stereocenters. The number of rotatable bonds is 4. The molecule has 0 spiro atoms. The maximum atomic E-state index is 12.1. The van der Waals surface area contributed by atoms with Crippen molar-refractivity contribution in [3.63, 3.8) is 0 Å². The van der Waals surface area contributed by atoms with Crippen LogP contribution in [0.2, 0.25) is 0 Å². The van der Waals surface area contributed by atoms with Gasteiger partial charge in [0.25, 0.3) is 0 Å². The van der Waals surface area contributed by atoms with E-state index in [4.69, 9.17) is 10.1 Å². The molecule has 1 amide bonds. The fourth-order valence-electron chi connectivity index (χ4n) is 3.01. The van der Waals surface area contributed by atoms with E-state index in [1.807, 2.05) is 32.7 Å². The van der Waals surface area contributed by atoms with Gasteiger partial charge < -0.3 is 20.4 Å². The zero-order valence-electron chi connectivity index (χ0n) is 16.4. The van der Waals surface area contributed by atoms with Crippen molar-refractivity contribution in [1.82, 2.24) is 10.4 Å². The number of ether oxygens (including phenoxy) is 1. The van der Waals surface area contributed by atoms with Gasteiger partial charge in [0.05, 0.1) is 36.7 Å². The number of carbonyl (C=O) groups is 1. The molecule has 27 heavy (non-hydrogen) atoms. The average molecular weight is 372 g/mol. The smallest absolute Gasteiger partial charge is 0.228 e. The van der Waals surface area contributed by atoms with Crippen LogP contribution in [0.15, 0.2) is 17.4 Å². The van der Waals surface area contributed by atoms with Crippen LogP contribution in [-0.4, -0.2) is 54.7 Å². The van der Waals surface area contributed by atoms with Gasteiger partial charge in [-0.25, -0.2) is 4.98 Å². The SMILES string of the molecule is CC.CC1/C(=N/NC2COC2)C(=N)c2ccnc(NC(=O)C3CC3)c2N1C. The number of nitrogens with one attached hydrogen (secondary N) is 3. The van der Waals surface area contributed by atoms with Crippen LogP contribution in [0.4, 0.5) is 11.5 Å². The summed E-state index contributed by atoms with van der Waals surface area (Å²) >= 11 is 0. The third kappa shape index (κ3) is 3.80. The monoisotopic (exact) mass is 372 g/mol. The number of aromatic nitrogens is 1. The highest BCUT2D eigenvalue weighted by molar-refractivity contribution is 6.51. The standard InChI is InChI=1S/C17H22N6O2.C2H6/c1-9-14(22-21-11-7-25-8-11)13(18)12-5-6-19-16(15(12)23(9)2)20-17(24)10-3-4-10;1-2/h5-6,9-11,18,21H,3-4,7-8H2,1-2H3,(H,19,20,24);1-2H3/b18-13?,22-14-;. The molecule has 3 aliphatic rings. The van der Waals surface area contributed by atoms with Gasteiger partial charge in [-0.15, -0.1) is 0 Å². The normalized spacial score (nSPS) is 23.1. The van der Waals surface area contributed by atoms with E-state index in [0.717, 1.165) is 24.1 Å². The molecule has 0 bridgehead atoms. The van der Waals surface area contributed by atoms with Crippen LogP contribution in [0.3, 0.4) is 0 Å². The minimum absolute atomic E-state index is 0.0135. The predicted octanol–water partition coefficient (Wildman–Crippen LogP) is 2.01. The highest BCUT2D eigenvalue weighted by Gasteiger charge is 2.35. The van der Waals surface area contributed by atoms with Crippen LogP contribution in [0.1, 0.15) is 39.2 Å². The molecule has 2 aliphatic heterocycles. The lowest BCUT2D eigenvalue weighted by Gasteiger charge is -2.36. The Balaban J connectivity index is 0.00000102. The molecule has 146 valence electrons. The van der Waals surface area contributed by atoms with E-state index in [-0.39, 0.29) is 23.9 Å². The summed E-state index contributed by atoms with van der Waals surface area (Å²) in [6.45, 7) is 7.28. The molecule has 8 heteroatoms. The fourth-order valence-corrected chi connectivity index (χ4v) is 3.01. The molecule has 4 rings (SSSR count). The van der Waals surface area contributed by atoms with Gasteiger partial charge in [0.15, 0.2) is 5.82 Å². The average Bonchev–Trinajstić information content (AvgIpc) is 3.48. The Labute approximate surface area is 159 Å². The molecule has 2 fully saturated rings. The van der Waals surface area contributed by atoms with Crippen molar-refractivity contribution < 1.29 is 9.53 Å². The summed E-state index contributed by atoms with van der Waals surface area (Å²) in [6, 6.07) is 1.91. The quantitative estimate of drug-likeness (QED) is 0.702. The molecule has 1 atom stereocenters. The first kappa shape index (κ1) is 19.3. The first-order valence-corrected chi connectivity index (χ1v) is 9.59. The van der Waals surface area contributed by atoms with Crippen molar-refractivity contribution in [2.45, 2.75) is 45.7 Å². The second kappa shape index (κ2) is 8.04. The molecule has 8 nitrogen and oxygen atoms in total. The number of nitrogens with zero attached hydrogens (tertiary/aromatic N) is 3. The van der Waals surface area contributed by atoms with E-state index in [0.29, 0.717) is 30.5 Å². The molecule has 1 aromatic heterocycles. The Hall–Kier alpha value is -2.48. The van der Waals surface area contributed by atoms with Crippen LogP contribution >= 0.6 is 0 Å². The summed E-state index contributed by atoms with van der Waals surface area (Å²) in [5.74, 6) is 0.641. The Morgan fingerprint density at radius 3 is 2.67 bits per heavy atom. The Bertz CT molecular complexity index is 755. The topological polar surface area (TPSA) is 103 Å². The number of hydrazone groups is 1. The molecule has 0 aromatic carbocycles. The molecular weight excluding hydrogens is 344 g/mol. The lowest BCUT2D eigenvalue weighted by atomic mass is 9.94. The Morgan fingerprint density at radius 1 is 1.37 bits per heavy atom. The molecular formula is C19H28N6O2. The van der Waals surface area contributed by atoms with Gasteiger partial charge in [-0.2, -0.15) is 5.10 Å². The molecule has 1 aromatic rings. The molecule has 3 heterocycles. The number of amides is 1. The molecule has 0 radical (unpaired) electrons. The summed E-state index contributed by atoms with van der Waals surface area (Å²) in [7, 11) is 1.94. The first-order valence-electron chi connectivity index (χ1n) is 9.59. The zero-order valence-corrected chi connectivity index (χ0v) is 16.4. The van der Waals surface area contributed by atoms with Crippen LogP contribution in [0, 0.1) is 11.3 Å². The molecule has 1 saturated carbocycles. The lowest BCUT2D eigenvalue weighted by molar-refractivity contribution is -0.117. The molecule has 1 aliphatic carbocycles. The minimum Gasteiger partial charge on any atom is -0.377 e. The maximum Gasteiger partial charge on any atom is 0.228 e. The number of pyridine rings is 1. The zero-order chi connectivity index (χ0) is 19.6. The van der Waals surface area contributed by atoms with E-state index < -0.39 is 0 Å². The van der Waals surface area contributed by atoms with E-state index in [2.05, 4.69) is 20.8 Å². The van der Waals surface area contributed by atoms with E-state index >= 15 is 0 Å². The van der Waals surface area contributed by atoms with E-state index in [1.165, 1.54) is 0 Å². The predicted molar refractivity (Wildman–Crippen MR) is 107 cm³/mol. The van der Waals surface area contributed by atoms with Gasteiger partial charge in [-0.3, -0.25) is 10.2 Å². The van der Waals surface area contributed by atoms with Crippen molar-refractivity contribution in [2.75, 3.05) is 30.5 Å². The first-order chi connectivity index (χ1) is 13.1. The summed E-state index contributed by atoms with van der Waals surface area (Å²) in [5, 5.41) is 16.0. The third-order valence-electron chi connectivity index (χ3n) is 4.97. The Morgan fingerprint density at radius 2 is 2.07 bits per heavy atom. The summed E-state index contributed by atoms with van der Waals surface area (Å²) in [4.78, 5) is 18.5. The van der Waals surface area contributed by atoms with Gasteiger partial charge in [-0.1, -0.05) is 13.8 Å². The van der Waals surface area contributed by atoms with Crippen LogP contribution in [-0.2, 0) is 9.53 Å². The second-order valence-electron chi connectivity index (χ2n) is 6.84. The van der Waals surface area contributed by atoms with Gasteiger partial charge in [0.2, 0.25) is 5.91 Å². The summed E-state index contributed by atoms with van der Waals surface area (Å²) < 4.78 is 5.14. The summed E-state index contributed by atoms with van der Waals surface area (Å²) in [6.07, 6.45) is 3.51. The number of fused-ring (bicyclic) bond motifs is 1. The van der Waals surface area contributed by atoms with E-state index in [1.54, 1.807) is 12.3 Å². The van der Waals surface area contributed by atoms with E-state index in [9.17, 15) is 4.79 Å². The van der Waals surface area contributed by atoms with Gasteiger partial charge in [0.1, 0.15) is 5.71 Å². The maximum absolute atomic E-state index is 12.1. The van der Waals surface area contributed by atoms with Crippen molar-refractivity contribution in [2.24, 2.45) is 11.0 Å². The molecule has 1 saturated heterocycles. The van der Waals surface area contributed by atoms with Crippen molar-refractivity contribution >= 4 is 28.8 Å². The van der Waals surface area contributed by atoms with Gasteiger partial charge in [-0.05, 0) is 25.8 Å². The number of hydrogen-bond acceptors (Lipinski definition) is 7. The minimum atomic E-state index is -0.103. The van der Waals surface area contributed by atoms with Crippen molar-refractivity contribution in [3.05, 3.63) is 17.8 Å². The highest BCUT2D eigenvalue weighted by Crippen LogP contribution is 2.36. The van der Waals surface area contributed by atoms with Crippen molar-refractivity contribution in [3.8, 4) is 0 Å².